The molecule has 0 aliphatic rings. The predicted octanol–water partition coefficient (Wildman–Crippen LogP) is 5.54. The Bertz CT molecular complexity index is 1120. The molecule has 1 aromatic heterocycles. The van der Waals surface area contributed by atoms with Gasteiger partial charge in [0.15, 0.2) is 0 Å². The fraction of sp³-hybridized carbons (Fsp3) is 0.111. The van der Waals surface area contributed by atoms with Gasteiger partial charge in [-0.25, -0.2) is 4.79 Å². The molecule has 0 saturated heterocycles. The molecule has 3 aromatic rings. The maximum absolute atomic E-state index is 13.0. The summed E-state index contributed by atoms with van der Waals surface area (Å²) in [4.78, 5) is 24.3. The van der Waals surface area contributed by atoms with Gasteiger partial charge in [0.2, 0.25) is 0 Å². The van der Waals surface area contributed by atoms with E-state index in [-0.39, 0.29) is 21.2 Å². The highest BCUT2D eigenvalue weighted by molar-refractivity contribution is 6.41. The highest BCUT2D eigenvalue weighted by atomic mass is 35.5. The van der Waals surface area contributed by atoms with E-state index in [2.05, 4.69) is 4.74 Å². The first-order chi connectivity index (χ1) is 13.0. The van der Waals surface area contributed by atoms with Crippen LogP contribution in [0.25, 0.3) is 10.9 Å². The molecule has 2 aromatic carbocycles. The molecule has 146 valence electrons. The second kappa shape index (κ2) is 7.03. The molecular formula is C18H10Cl2F3NO4. The molecule has 0 aliphatic heterocycles. The summed E-state index contributed by atoms with van der Waals surface area (Å²) in [5.41, 5.74) is 0.114. The number of carboxylic acids is 1. The van der Waals surface area contributed by atoms with E-state index in [9.17, 15) is 27.9 Å². The van der Waals surface area contributed by atoms with Gasteiger partial charge in [-0.1, -0.05) is 23.2 Å². The number of carboxylic acid groups (broad SMARTS) is 1. The van der Waals surface area contributed by atoms with Crippen molar-refractivity contribution in [1.29, 1.82) is 0 Å². The summed E-state index contributed by atoms with van der Waals surface area (Å²) in [5.74, 6) is -2.48. The Morgan fingerprint density at radius 3 is 2.43 bits per heavy atom. The van der Waals surface area contributed by atoms with Crippen LogP contribution in [0, 0.1) is 6.92 Å². The van der Waals surface area contributed by atoms with Crippen molar-refractivity contribution in [2.24, 2.45) is 0 Å². The number of hydrogen-bond donors (Lipinski definition) is 1. The monoisotopic (exact) mass is 431 g/mol. The van der Waals surface area contributed by atoms with E-state index >= 15 is 0 Å². The average molecular weight is 432 g/mol. The van der Waals surface area contributed by atoms with Gasteiger partial charge in [-0.3, -0.25) is 9.36 Å². The van der Waals surface area contributed by atoms with Crippen molar-refractivity contribution in [2.45, 2.75) is 13.3 Å². The van der Waals surface area contributed by atoms with E-state index < -0.39 is 24.0 Å². The standard InChI is InChI=1S/C18H10Cl2F3NO4/c1-8-6-10(28-18(21,22)23)7-9-4-5-24(15(8)9)16(25)13-12(19)3-2-11(14(13)20)17(26)27/h2-7H,1H3,(H,26,27). The van der Waals surface area contributed by atoms with Crippen LogP contribution >= 0.6 is 23.2 Å². The topological polar surface area (TPSA) is 68.5 Å². The Kier molecular flexibility index (Phi) is 5.03. The predicted molar refractivity (Wildman–Crippen MR) is 96.5 cm³/mol. The number of aromatic nitrogens is 1. The van der Waals surface area contributed by atoms with Gasteiger partial charge in [-0.05, 0) is 42.8 Å². The molecule has 0 spiro atoms. The first-order valence-corrected chi connectivity index (χ1v) is 8.38. The fourth-order valence-corrected chi connectivity index (χ4v) is 3.47. The van der Waals surface area contributed by atoms with E-state index in [1.165, 1.54) is 31.3 Å². The molecule has 28 heavy (non-hydrogen) atoms. The third-order valence-electron chi connectivity index (χ3n) is 3.94. The lowest BCUT2D eigenvalue weighted by molar-refractivity contribution is -0.274. The Hall–Kier alpha value is -2.71. The number of carbonyl (C=O) groups excluding carboxylic acids is 1. The molecule has 0 atom stereocenters. The first kappa shape index (κ1) is 20.0. The van der Waals surface area contributed by atoms with Gasteiger partial charge in [0.1, 0.15) is 5.75 Å². The van der Waals surface area contributed by atoms with Crippen molar-refractivity contribution >= 4 is 46.0 Å². The minimum atomic E-state index is -4.85. The first-order valence-electron chi connectivity index (χ1n) is 7.63. The summed E-state index contributed by atoms with van der Waals surface area (Å²) in [6.07, 6.45) is -3.52. The molecule has 1 heterocycles. The quantitative estimate of drug-likeness (QED) is 0.590. The largest absolute Gasteiger partial charge is 0.573 e. The molecule has 0 fully saturated rings. The lowest BCUT2D eigenvalue weighted by atomic mass is 10.1. The number of aromatic carboxylic acids is 1. The van der Waals surface area contributed by atoms with Gasteiger partial charge in [0.05, 0.1) is 26.7 Å². The third-order valence-corrected chi connectivity index (χ3v) is 4.64. The molecule has 10 heteroatoms. The SMILES string of the molecule is Cc1cc(OC(F)(F)F)cc2ccn(C(=O)c3c(Cl)ccc(C(=O)O)c3Cl)c12. The van der Waals surface area contributed by atoms with Crippen LogP contribution in [-0.2, 0) is 0 Å². The summed E-state index contributed by atoms with van der Waals surface area (Å²) in [7, 11) is 0. The maximum atomic E-state index is 13.0. The zero-order valence-corrected chi connectivity index (χ0v) is 15.5. The molecule has 0 amide bonds. The third kappa shape index (κ3) is 3.65. The highest BCUT2D eigenvalue weighted by Crippen LogP contribution is 2.33. The van der Waals surface area contributed by atoms with E-state index in [1.54, 1.807) is 0 Å². The van der Waals surface area contributed by atoms with Crippen LogP contribution in [0.4, 0.5) is 13.2 Å². The smallest absolute Gasteiger partial charge is 0.478 e. The van der Waals surface area contributed by atoms with Crippen molar-refractivity contribution in [3.05, 3.63) is 63.3 Å². The minimum Gasteiger partial charge on any atom is -0.478 e. The average Bonchev–Trinajstić information content (AvgIpc) is 2.97. The molecule has 1 N–H and O–H groups in total. The summed E-state index contributed by atoms with van der Waals surface area (Å²) in [6, 6.07) is 6.10. The number of nitrogens with zero attached hydrogens (tertiary/aromatic N) is 1. The molecule has 5 nitrogen and oxygen atoms in total. The summed E-state index contributed by atoms with van der Waals surface area (Å²) in [6.45, 7) is 1.51. The Labute approximate surface area is 165 Å². The van der Waals surface area contributed by atoms with Crippen LogP contribution in [-0.4, -0.2) is 27.9 Å². The number of halogens is 5. The Morgan fingerprint density at radius 1 is 1.14 bits per heavy atom. The molecule has 0 saturated carbocycles. The van der Waals surface area contributed by atoms with Crippen molar-refractivity contribution in [1.82, 2.24) is 4.57 Å². The van der Waals surface area contributed by atoms with Crippen LogP contribution in [0.15, 0.2) is 36.5 Å². The minimum absolute atomic E-state index is 0.0588. The second-order valence-corrected chi connectivity index (χ2v) is 6.59. The van der Waals surface area contributed by atoms with Gasteiger partial charge < -0.3 is 9.84 Å². The Balaban J connectivity index is 2.14. The van der Waals surface area contributed by atoms with Gasteiger partial charge in [-0.15, -0.1) is 13.2 Å². The van der Waals surface area contributed by atoms with Crippen LogP contribution < -0.4 is 4.74 Å². The second-order valence-electron chi connectivity index (χ2n) is 5.81. The number of carbonyl (C=O) groups is 2. The van der Waals surface area contributed by atoms with Crippen molar-refractivity contribution < 1.29 is 32.6 Å². The van der Waals surface area contributed by atoms with Crippen LogP contribution in [0.3, 0.4) is 0 Å². The van der Waals surface area contributed by atoms with Gasteiger partial charge in [-0.2, -0.15) is 0 Å². The molecule has 0 bridgehead atoms. The zero-order valence-electron chi connectivity index (χ0n) is 14.0. The normalized spacial score (nSPS) is 11.6. The van der Waals surface area contributed by atoms with Crippen molar-refractivity contribution in [3.8, 4) is 5.75 Å². The van der Waals surface area contributed by atoms with Crippen LogP contribution in [0.5, 0.6) is 5.75 Å². The van der Waals surface area contributed by atoms with E-state index in [0.29, 0.717) is 16.5 Å². The molecule has 0 aliphatic carbocycles. The lowest BCUT2D eigenvalue weighted by Gasteiger charge is -2.13. The number of benzene rings is 2. The van der Waals surface area contributed by atoms with E-state index in [0.717, 1.165) is 16.7 Å². The maximum Gasteiger partial charge on any atom is 0.573 e. The number of rotatable bonds is 3. The molecule has 3 rings (SSSR count). The summed E-state index contributed by atoms with van der Waals surface area (Å²) < 4.78 is 42.4. The lowest BCUT2D eigenvalue weighted by Crippen LogP contribution is -2.17. The summed E-state index contributed by atoms with van der Waals surface area (Å²) >= 11 is 12.1. The van der Waals surface area contributed by atoms with Crippen LogP contribution in [0.1, 0.15) is 26.3 Å². The number of alkyl halides is 3. The number of fused-ring (bicyclic) bond motifs is 1. The molecule has 0 unspecified atom stereocenters. The summed E-state index contributed by atoms with van der Waals surface area (Å²) in [5, 5.41) is 9.10. The number of ether oxygens (including phenoxy) is 1. The van der Waals surface area contributed by atoms with E-state index in [1.807, 2.05) is 0 Å². The molecule has 0 radical (unpaired) electrons. The zero-order chi connectivity index (χ0) is 20.8. The Morgan fingerprint density at radius 2 is 1.82 bits per heavy atom. The van der Waals surface area contributed by atoms with Gasteiger partial charge in [0, 0.05) is 11.6 Å². The number of hydrogen-bond acceptors (Lipinski definition) is 3. The van der Waals surface area contributed by atoms with E-state index in [4.69, 9.17) is 23.2 Å². The van der Waals surface area contributed by atoms with Crippen molar-refractivity contribution in [3.63, 3.8) is 0 Å². The highest BCUT2D eigenvalue weighted by Gasteiger charge is 2.31. The van der Waals surface area contributed by atoms with Crippen LogP contribution in [0.2, 0.25) is 10.0 Å². The van der Waals surface area contributed by atoms with Gasteiger partial charge >= 0.3 is 12.3 Å². The fourth-order valence-electron chi connectivity index (χ4n) is 2.85. The number of aryl methyl sites for hydroxylation is 1. The molecular weight excluding hydrogens is 422 g/mol. The van der Waals surface area contributed by atoms with Gasteiger partial charge in [0.25, 0.3) is 5.91 Å². The van der Waals surface area contributed by atoms with Crippen molar-refractivity contribution in [2.75, 3.05) is 0 Å².